The van der Waals surface area contributed by atoms with Crippen molar-refractivity contribution >= 4 is 17.6 Å². The van der Waals surface area contributed by atoms with E-state index in [-0.39, 0.29) is 5.91 Å². The Labute approximate surface area is 173 Å². The normalized spacial score (nSPS) is 14.2. The Morgan fingerprint density at radius 2 is 1.86 bits per heavy atom. The van der Waals surface area contributed by atoms with Crippen molar-refractivity contribution in [2.75, 3.05) is 31.6 Å². The van der Waals surface area contributed by atoms with Crippen molar-refractivity contribution in [3.63, 3.8) is 0 Å². The van der Waals surface area contributed by atoms with E-state index in [1.165, 1.54) is 5.56 Å². The highest BCUT2D eigenvalue weighted by Gasteiger charge is 2.21. The Morgan fingerprint density at radius 3 is 2.52 bits per heavy atom. The number of carbonyl (C=O) groups excluding carboxylic acids is 1. The summed E-state index contributed by atoms with van der Waals surface area (Å²) >= 11 is 0. The molecule has 0 spiro atoms. The number of nitrogens with one attached hydrogen (secondary N) is 2. The molecule has 0 aliphatic carbocycles. The molecule has 2 N–H and O–H groups in total. The first-order valence-corrected chi connectivity index (χ1v) is 10.2. The predicted octanol–water partition coefficient (Wildman–Crippen LogP) is 3.26. The topological polar surface area (TPSA) is 66.0 Å². The second-order valence-corrected chi connectivity index (χ2v) is 7.18. The van der Waals surface area contributed by atoms with Crippen LogP contribution in [-0.4, -0.2) is 38.6 Å². The van der Waals surface area contributed by atoms with E-state index in [9.17, 15) is 4.79 Å². The van der Waals surface area contributed by atoms with Crippen LogP contribution in [0.1, 0.15) is 30.4 Å². The zero-order chi connectivity index (χ0) is 20.5. The first-order chi connectivity index (χ1) is 14.2. The molecule has 0 atom stereocenters. The molecule has 154 valence electrons. The molecule has 0 saturated carbocycles. The summed E-state index contributed by atoms with van der Waals surface area (Å²) in [5, 5.41) is 6.62. The number of carbonyl (C=O) groups is 1. The van der Waals surface area contributed by atoms with Crippen LogP contribution in [0, 0.1) is 6.92 Å². The smallest absolute Gasteiger partial charge is 0.227 e. The molecular formula is C23H30N4O2. The zero-order valence-electron chi connectivity index (χ0n) is 17.3. The molecule has 2 aromatic rings. The van der Waals surface area contributed by atoms with Gasteiger partial charge in [-0.2, -0.15) is 0 Å². The summed E-state index contributed by atoms with van der Waals surface area (Å²) in [5.41, 5.74) is 3.35. The highest BCUT2D eigenvalue weighted by Crippen LogP contribution is 2.21. The van der Waals surface area contributed by atoms with Gasteiger partial charge in [0.15, 0.2) is 5.96 Å². The second-order valence-electron chi connectivity index (χ2n) is 7.18. The maximum Gasteiger partial charge on any atom is 0.227 e. The molecule has 1 aliphatic heterocycles. The summed E-state index contributed by atoms with van der Waals surface area (Å²) < 4.78 is 5.74. The Balaban J connectivity index is 1.35. The molecule has 29 heavy (non-hydrogen) atoms. The lowest BCUT2D eigenvalue weighted by molar-refractivity contribution is -0.117. The van der Waals surface area contributed by atoms with Crippen LogP contribution in [0.5, 0.6) is 5.75 Å². The van der Waals surface area contributed by atoms with Crippen molar-refractivity contribution in [3.05, 3.63) is 59.7 Å². The molecule has 1 fully saturated rings. The Kier molecular flexibility index (Phi) is 7.50. The van der Waals surface area contributed by atoms with Crippen LogP contribution in [-0.2, 0) is 11.3 Å². The first-order valence-electron chi connectivity index (χ1n) is 10.2. The quantitative estimate of drug-likeness (QED) is 0.410. The second kappa shape index (κ2) is 10.5. The van der Waals surface area contributed by atoms with E-state index in [4.69, 9.17) is 4.74 Å². The molecule has 6 nitrogen and oxygen atoms in total. The van der Waals surface area contributed by atoms with Crippen LogP contribution >= 0.6 is 0 Å². The van der Waals surface area contributed by atoms with Crippen molar-refractivity contribution in [1.82, 2.24) is 10.6 Å². The van der Waals surface area contributed by atoms with Crippen LogP contribution in [0.25, 0.3) is 0 Å². The molecular weight excluding hydrogens is 364 g/mol. The zero-order valence-corrected chi connectivity index (χ0v) is 17.3. The largest absolute Gasteiger partial charge is 0.494 e. The van der Waals surface area contributed by atoms with E-state index >= 15 is 0 Å². The number of ether oxygens (including phenoxy) is 1. The molecule has 1 heterocycles. The van der Waals surface area contributed by atoms with Gasteiger partial charge in [0.1, 0.15) is 5.75 Å². The number of aliphatic imine (C=N–C) groups is 1. The number of hydrogen-bond acceptors (Lipinski definition) is 3. The molecule has 1 aliphatic rings. The van der Waals surface area contributed by atoms with E-state index in [0.29, 0.717) is 19.6 Å². The van der Waals surface area contributed by atoms with Gasteiger partial charge >= 0.3 is 0 Å². The molecule has 2 aromatic carbocycles. The number of rotatable bonds is 8. The van der Waals surface area contributed by atoms with E-state index in [1.807, 2.05) is 29.2 Å². The van der Waals surface area contributed by atoms with Gasteiger partial charge in [0, 0.05) is 38.8 Å². The van der Waals surface area contributed by atoms with Gasteiger partial charge in [-0.15, -0.1) is 0 Å². The number of amides is 1. The molecule has 6 heteroatoms. The summed E-state index contributed by atoms with van der Waals surface area (Å²) in [5.74, 6) is 1.88. The molecule has 0 unspecified atom stereocenters. The van der Waals surface area contributed by atoms with Crippen molar-refractivity contribution in [2.24, 2.45) is 4.99 Å². The number of anilines is 1. The molecule has 0 bridgehead atoms. The lowest BCUT2D eigenvalue weighted by Crippen LogP contribution is -2.37. The van der Waals surface area contributed by atoms with E-state index in [0.717, 1.165) is 48.9 Å². The minimum absolute atomic E-state index is 0.215. The van der Waals surface area contributed by atoms with Crippen molar-refractivity contribution in [1.29, 1.82) is 0 Å². The van der Waals surface area contributed by atoms with E-state index in [1.54, 1.807) is 7.05 Å². The Hall–Kier alpha value is -3.02. The average Bonchev–Trinajstić information content (AvgIpc) is 3.17. The van der Waals surface area contributed by atoms with Gasteiger partial charge in [0.05, 0.1) is 6.61 Å². The van der Waals surface area contributed by atoms with Gasteiger partial charge in [-0.25, -0.2) is 0 Å². The fraction of sp³-hybridized carbons (Fsp3) is 0.391. The fourth-order valence-corrected chi connectivity index (χ4v) is 3.22. The summed E-state index contributed by atoms with van der Waals surface area (Å²) in [4.78, 5) is 18.0. The third kappa shape index (κ3) is 6.24. The Bertz CT molecular complexity index is 816. The van der Waals surface area contributed by atoms with E-state index in [2.05, 4.69) is 46.8 Å². The first kappa shape index (κ1) is 20.7. The fourth-order valence-electron chi connectivity index (χ4n) is 3.22. The van der Waals surface area contributed by atoms with Crippen LogP contribution in [0.3, 0.4) is 0 Å². The lowest BCUT2D eigenvalue weighted by atomic mass is 10.2. The summed E-state index contributed by atoms with van der Waals surface area (Å²) in [6, 6.07) is 16.2. The third-order valence-electron chi connectivity index (χ3n) is 4.91. The monoisotopic (exact) mass is 394 g/mol. The summed E-state index contributed by atoms with van der Waals surface area (Å²) in [7, 11) is 1.76. The maximum atomic E-state index is 11.8. The minimum atomic E-state index is 0.215. The average molecular weight is 395 g/mol. The standard InChI is InChI=1S/C23H30N4O2/c1-18-6-12-21(13-7-18)29-16-4-14-25-23(24-2)26-17-19-8-10-20(11-9-19)27-15-3-5-22(27)28/h6-13H,3-5,14-17H2,1-2H3,(H2,24,25,26). The van der Waals surface area contributed by atoms with Crippen LogP contribution in [0.4, 0.5) is 5.69 Å². The van der Waals surface area contributed by atoms with Crippen LogP contribution in [0.2, 0.25) is 0 Å². The highest BCUT2D eigenvalue weighted by atomic mass is 16.5. The van der Waals surface area contributed by atoms with Gasteiger partial charge < -0.3 is 20.3 Å². The molecule has 0 aromatic heterocycles. The van der Waals surface area contributed by atoms with E-state index < -0.39 is 0 Å². The summed E-state index contributed by atoms with van der Waals surface area (Å²) in [6.07, 6.45) is 2.48. The van der Waals surface area contributed by atoms with Gasteiger partial charge in [-0.3, -0.25) is 9.79 Å². The van der Waals surface area contributed by atoms with Gasteiger partial charge in [0.2, 0.25) is 5.91 Å². The lowest BCUT2D eigenvalue weighted by Gasteiger charge is -2.16. The molecule has 1 saturated heterocycles. The Morgan fingerprint density at radius 1 is 1.10 bits per heavy atom. The number of benzene rings is 2. The van der Waals surface area contributed by atoms with Crippen LogP contribution in [0.15, 0.2) is 53.5 Å². The van der Waals surface area contributed by atoms with Crippen LogP contribution < -0.4 is 20.3 Å². The predicted molar refractivity (Wildman–Crippen MR) is 118 cm³/mol. The van der Waals surface area contributed by atoms with Crippen molar-refractivity contribution in [3.8, 4) is 5.75 Å². The maximum absolute atomic E-state index is 11.8. The minimum Gasteiger partial charge on any atom is -0.494 e. The molecule has 3 rings (SSSR count). The van der Waals surface area contributed by atoms with Crippen molar-refractivity contribution < 1.29 is 9.53 Å². The number of guanidine groups is 1. The SMILES string of the molecule is CN=C(NCCCOc1ccc(C)cc1)NCc1ccc(N2CCCC2=O)cc1. The van der Waals surface area contributed by atoms with Crippen molar-refractivity contribution in [2.45, 2.75) is 32.7 Å². The summed E-state index contributed by atoms with van der Waals surface area (Å²) in [6.45, 7) is 4.99. The molecule has 0 radical (unpaired) electrons. The highest BCUT2D eigenvalue weighted by molar-refractivity contribution is 5.95. The third-order valence-corrected chi connectivity index (χ3v) is 4.91. The number of aryl methyl sites for hydroxylation is 1. The number of nitrogens with zero attached hydrogens (tertiary/aromatic N) is 2. The van der Waals surface area contributed by atoms with Gasteiger partial charge in [0.25, 0.3) is 0 Å². The van der Waals surface area contributed by atoms with Gasteiger partial charge in [-0.1, -0.05) is 29.8 Å². The number of hydrogen-bond donors (Lipinski definition) is 2. The molecule has 1 amide bonds. The van der Waals surface area contributed by atoms with Gasteiger partial charge in [-0.05, 0) is 49.6 Å².